The zero-order chi connectivity index (χ0) is 12.3. The number of hydrogen-bond acceptors (Lipinski definition) is 5. The molecule has 0 aliphatic rings. The van der Waals surface area contributed by atoms with Crippen molar-refractivity contribution in [2.24, 2.45) is 10.9 Å². The monoisotopic (exact) mass is 249 g/mol. The van der Waals surface area contributed by atoms with E-state index in [9.17, 15) is 0 Å². The average Bonchev–Trinajstić information content (AvgIpc) is 2.75. The fourth-order valence-corrected chi connectivity index (χ4v) is 1.99. The number of rotatable bonds is 3. The average molecular weight is 249 g/mol. The highest BCUT2D eigenvalue weighted by Gasteiger charge is 2.04. The Bertz CT molecular complexity index is 534. The maximum absolute atomic E-state index is 8.53. The zero-order valence-electron chi connectivity index (χ0n) is 9.12. The summed E-state index contributed by atoms with van der Waals surface area (Å²) < 4.78 is 5.23. The highest BCUT2D eigenvalue weighted by molar-refractivity contribution is 7.99. The minimum absolute atomic E-state index is 0.0912. The lowest BCUT2D eigenvalue weighted by Gasteiger charge is -2.00. The summed E-state index contributed by atoms with van der Waals surface area (Å²) in [7, 11) is 0. The molecule has 17 heavy (non-hydrogen) atoms. The molecule has 6 heteroatoms. The Kier molecular flexibility index (Phi) is 3.34. The van der Waals surface area contributed by atoms with Crippen LogP contribution < -0.4 is 5.73 Å². The first-order valence-electron chi connectivity index (χ1n) is 4.87. The lowest BCUT2D eigenvalue weighted by molar-refractivity contribution is 0.318. The third-order valence-electron chi connectivity index (χ3n) is 2.06. The van der Waals surface area contributed by atoms with E-state index in [2.05, 4.69) is 10.1 Å². The Labute approximate surface area is 102 Å². The molecule has 2 rings (SSSR count). The normalized spacial score (nSPS) is 11.7. The number of benzene rings is 1. The van der Waals surface area contributed by atoms with Gasteiger partial charge in [0, 0.05) is 10.5 Å². The molecule has 0 amide bonds. The van der Waals surface area contributed by atoms with Crippen molar-refractivity contribution in [3.63, 3.8) is 0 Å². The predicted molar refractivity (Wildman–Crippen MR) is 64.3 cm³/mol. The molecule has 0 unspecified atom stereocenters. The summed E-state index contributed by atoms with van der Waals surface area (Å²) in [5.74, 6) is 0.0912. The van der Waals surface area contributed by atoms with Gasteiger partial charge in [-0.05, 0) is 30.8 Å². The third kappa shape index (κ3) is 2.79. The number of nitrogens with two attached hydrogens (primary N) is 1. The molecular weight excluding hydrogens is 238 g/mol. The fourth-order valence-electron chi connectivity index (χ4n) is 1.23. The number of aryl methyl sites for hydroxylation is 1. The molecular formula is C11H11N3O2S. The summed E-state index contributed by atoms with van der Waals surface area (Å²) in [6, 6.07) is 7.26. The van der Waals surface area contributed by atoms with Gasteiger partial charge in [-0.3, -0.25) is 0 Å². The summed E-state index contributed by atoms with van der Waals surface area (Å²) in [4.78, 5) is 5.16. The Morgan fingerprint density at radius 2 is 2.12 bits per heavy atom. The molecule has 1 aromatic heterocycles. The zero-order valence-corrected chi connectivity index (χ0v) is 9.94. The quantitative estimate of drug-likeness (QED) is 0.377. The van der Waals surface area contributed by atoms with E-state index in [4.69, 9.17) is 15.4 Å². The van der Waals surface area contributed by atoms with Gasteiger partial charge >= 0.3 is 0 Å². The van der Waals surface area contributed by atoms with Crippen molar-refractivity contribution in [3.8, 4) is 0 Å². The third-order valence-corrected chi connectivity index (χ3v) is 2.93. The Balaban J connectivity index is 2.13. The molecule has 2 aromatic rings. The van der Waals surface area contributed by atoms with Crippen LogP contribution in [0.3, 0.4) is 0 Å². The van der Waals surface area contributed by atoms with Crippen molar-refractivity contribution < 1.29 is 9.62 Å². The van der Waals surface area contributed by atoms with E-state index in [-0.39, 0.29) is 5.84 Å². The molecule has 3 N–H and O–H groups in total. The second kappa shape index (κ2) is 4.92. The van der Waals surface area contributed by atoms with Gasteiger partial charge in [0.05, 0.1) is 5.69 Å². The van der Waals surface area contributed by atoms with Crippen LogP contribution in [0.4, 0.5) is 0 Å². The van der Waals surface area contributed by atoms with Gasteiger partial charge in [-0.2, -0.15) is 0 Å². The standard InChI is InChI=1S/C11H11N3O2S/c1-7-6-16-11(13-7)17-9-4-2-8(3-5-9)10(12)14-15/h2-6,15H,1H3,(H2,12,14). The molecule has 0 spiro atoms. The van der Waals surface area contributed by atoms with Crippen LogP contribution in [0.2, 0.25) is 0 Å². The molecule has 5 nitrogen and oxygen atoms in total. The van der Waals surface area contributed by atoms with Crippen LogP contribution in [-0.2, 0) is 0 Å². The van der Waals surface area contributed by atoms with Crippen LogP contribution in [0, 0.1) is 6.92 Å². The van der Waals surface area contributed by atoms with Gasteiger partial charge in [0.25, 0.3) is 5.22 Å². The Morgan fingerprint density at radius 1 is 1.41 bits per heavy atom. The van der Waals surface area contributed by atoms with Gasteiger partial charge in [0.1, 0.15) is 6.26 Å². The van der Waals surface area contributed by atoms with Crippen molar-refractivity contribution in [2.45, 2.75) is 17.0 Å². The molecule has 0 radical (unpaired) electrons. The van der Waals surface area contributed by atoms with Gasteiger partial charge in [-0.15, -0.1) is 0 Å². The van der Waals surface area contributed by atoms with Crippen LogP contribution in [0.1, 0.15) is 11.3 Å². The second-order valence-electron chi connectivity index (χ2n) is 3.37. The minimum Gasteiger partial charge on any atom is -0.439 e. The van der Waals surface area contributed by atoms with E-state index in [1.54, 1.807) is 18.4 Å². The minimum atomic E-state index is 0.0912. The molecule has 0 bridgehead atoms. The summed E-state index contributed by atoms with van der Waals surface area (Å²) in [6.45, 7) is 1.87. The van der Waals surface area contributed by atoms with Gasteiger partial charge in [0.15, 0.2) is 5.84 Å². The molecule has 0 aliphatic heterocycles. The van der Waals surface area contributed by atoms with Crippen molar-refractivity contribution in [3.05, 3.63) is 41.8 Å². The summed E-state index contributed by atoms with van der Waals surface area (Å²) in [6.07, 6.45) is 1.60. The van der Waals surface area contributed by atoms with Crippen molar-refractivity contribution >= 4 is 17.6 Å². The molecule has 0 saturated heterocycles. The largest absolute Gasteiger partial charge is 0.439 e. The number of hydrogen-bond donors (Lipinski definition) is 2. The number of nitrogens with zero attached hydrogens (tertiary/aromatic N) is 2. The molecule has 88 valence electrons. The molecule has 0 atom stereocenters. The molecule has 0 aliphatic carbocycles. The van der Waals surface area contributed by atoms with E-state index in [1.807, 2.05) is 19.1 Å². The second-order valence-corrected chi connectivity index (χ2v) is 4.39. The van der Waals surface area contributed by atoms with Gasteiger partial charge in [-0.25, -0.2) is 4.98 Å². The molecule has 1 aromatic carbocycles. The van der Waals surface area contributed by atoms with E-state index < -0.39 is 0 Å². The summed E-state index contributed by atoms with van der Waals surface area (Å²) in [5, 5.41) is 12.1. The number of oxazole rings is 1. The molecule has 0 fully saturated rings. The van der Waals surface area contributed by atoms with Crippen LogP contribution in [0.5, 0.6) is 0 Å². The smallest absolute Gasteiger partial charge is 0.260 e. The highest BCUT2D eigenvalue weighted by Crippen LogP contribution is 2.26. The first kappa shape index (κ1) is 11.5. The number of oxime groups is 1. The lowest BCUT2D eigenvalue weighted by atomic mass is 10.2. The van der Waals surface area contributed by atoms with Gasteiger partial charge in [-0.1, -0.05) is 17.3 Å². The lowest BCUT2D eigenvalue weighted by Crippen LogP contribution is -2.12. The van der Waals surface area contributed by atoms with E-state index in [1.165, 1.54) is 11.8 Å². The molecule has 1 heterocycles. The van der Waals surface area contributed by atoms with Gasteiger partial charge in [0.2, 0.25) is 0 Å². The van der Waals surface area contributed by atoms with Crippen LogP contribution in [-0.4, -0.2) is 16.0 Å². The van der Waals surface area contributed by atoms with E-state index in [0.29, 0.717) is 10.8 Å². The van der Waals surface area contributed by atoms with Crippen LogP contribution in [0.25, 0.3) is 0 Å². The van der Waals surface area contributed by atoms with Crippen LogP contribution in [0.15, 0.2) is 50.2 Å². The maximum atomic E-state index is 8.53. The van der Waals surface area contributed by atoms with E-state index >= 15 is 0 Å². The first-order valence-corrected chi connectivity index (χ1v) is 5.68. The number of aromatic nitrogens is 1. The highest BCUT2D eigenvalue weighted by atomic mass is 32.2. The fraction of sp³-hybridized carbons (Fsp3) is 0.0909. The van der Waals surface area contributed by atoms with E-state index in [0.717, 1.165) is 10.6 Å². The van der Waals surface area contributed by atoms with Crippen molar-refractivity contribution in [1.29, 1.82) is 0 Å². The summed E-state index contributed by atoms with van der Waals surface area (Å²) in [5.41, 5.74) is 6.98. The topological polar surface area (TPSA) is 84.6 Å². The predicted octanol–water partition coefficient (Wildman–Crippen LogP) is 2.23. The maximum Gasteiger partial charge on any atom is 0.260 e. The first-order chi connectivity index (χ1) is 8.19. The van der Waals surface area contributed by atoms with Gasteiger partial charge < -0.3 is 15.4 Å². The number of amidine groups is 1. The van der Waals surface area contributed by atoms with Crippen molar-refractivity contribution in [2.75, 3.05) is 0 Å². The summed E-state index contributed by atoms with van der Waals surface area (Å²) >= 11 is 1.42. The molecule has 0 saturated carbocycles. The SMILES string of the molecule is Cc1coc(Sc2ccc(/C(N)=N/O)cc2)n1. The van der Waals surface area contributed by atoms with Crippen molar-refractivity contribution in [1.82, 2.24) is 4.98 Å². The Morgan fingerprint density at radius 3 is 2.65 bits per heavy atom. The Hall–Kier alpha value is -1.95. The van der Waals surface area contributed by atoms with Crippen LogP contribution >= 0.6 is 11.8 Å².